The third-order valence-corrected chi connectivity index (χ3v) is 3.19. The first-order chi connectivity index (χ1) is 11.4. The highest BCUT2D eigenvalue weighted by atomic mass is 16.5. The van der Waals surface area contributed by atoms with Gasteiger partial charge in [0.1, 0.15) is 29.3 Å². The lowest BCUT2D eigenvalue weighted by Gasteiger charge is -2.15. The number of H-pyrrole nitrogens is 1. The van der Waals surface area contributed by atoms with Gasteiger partial charge in [0.05, 0.1) is 0 Å². The summed E-state index contributed by atoms with van der Waals surface area (Å²) in [6.07, 6.45) is 1.47. The van der Waals surface area contributed by atoms with Crippen LogP contribution in [0.4, 0.5) is 5.82 Å². The molecule has 0 fully saturated rings. The van der Waals surface area contributed by atoms with E-state index in [4.69, 9.17) is 10.5 Å². The first-order valence-corrected chi connectivity index (χ1v) is 6.73. The molecule has 0 aliphatic heterocycles. The van der Waals surface area contributed by atoms with E-state index in [1.807, 2.05) is 4.98 Å². The molecule has 0 saturated carbocycles. The number of benzene rings is 1. The fourth-order valence-electron chi connectivity index (χ4n) is 2.26. The number of rotatable bonds is 6. The molecule has 1 heterocycles. The number of hydrogen-bond acceptors (Lipinski definition) is 5. The first-order valence-electron chi connectivity index (χ1n) is 6.73. The van der Waals surface area contributed by atoms with Crippen molar-refractivity contribution in [2.45, 2.75) is 0 Å². The number of anilines is 1. The summed E-state index contributed by atoms with van der Waals surface area (Å²) in [6.45, 7) is 3.62. The van der Waals surface area contributed by atoms with Crippen LogP contribution in [-0.4, -0.2) is 33.7 Å². The molecule has 0 atom stereocenters. The number of nitrogens with two attached hydrogens (primary N) is 1. The van der Waals surface area contributed by atoms with E-state index >= 15 is 0 Å². The molecule has 2 aromatic rings. The second-order valence-corrected chi connectivity index (χ2v) is 4.70. The maximum Gasteiger partial charge on any atom is 0.342 e. The summed E-state index contributed by atoms with van der Waals surface area (Å²) in [4.78, 5) is 37.1. The molecule has 0 radical (unpaired) electrons. The number of hydrogen-bond donors (Lipinski definition) is 4. The lowest BCUT2D eigenvalue weighted by molar-refractivity contribution is 0.0695. The van der Waals surface area contributed by atoms with E-state index in [1.165, 1.54) is 18.2 Å². The number of nitrogens with one attached hydrogen (secondary N) is 1. The van der Waals surface area contributed by atoms with Gasteiger partial charge >= 0.3 is 11.9 Å². The highest BCUT2D eigenvalue weighted by molar-refractivity contribution is 6.08. The molecule has 8 heteroatoms. The molecule has 124 valence electrons. The van der Waals surface area contributed by atoms with Gasteiger partial charge in [-0.3, -0.25) is 4.79 Å². The predicted molar refractivity (Wildman–Crippen MR) is 86.5 cm³/mol. The van der Waals surface area contributed by atoms with Crippen LogP contribution in [0.2, 0.25) is 0 Å². The van der Waals surface area contributed by atoms with Gasteiger partial charge in [-0.2, -0.15) is 0 Å². The van der Waals surface area contributed by atoms with Crippen LogP contribution in [0.3, 0.4) is 0 Å². The van der Waals surface area contributed by atoms with Crippen LogP contribution in [-0.2, 0) is 0 Å². The van der Waals surface area contributed by atoms with E-state index < -0.39 is 34.4 Å². The molecule has 0 saturated heterocycles. The molecule has 8 nitrogen and oxygen atoms in total. The molecule has 1 aromatic carbocycles. The molecule has 0 bridgehead atoms. The zero-order valence-corrected chi connectivity index (χ0v) is 12.4. The van der Waals surface area contributed by atoms with Crippen LogP contribution < -0.4 is 16.0 Å². The van der Waals surface area contributed by atoms with Crippen LogP contribution in [0.15, 0.2) is 41.7 Å². The molecule has 0 spiro atoms. The standard InChI is InChI=1S/C16H14N2O6/c1-2-7-24-9-6-4-3-5-8(9)10-11(15(20)21)13(17)18-14(19)12(10)16(22)23/h2-6H,1,7H2,(H,20,21)(H,22,23)(H3,17,18,19). The number of ether oxygens (including phenoxy) is 1. The number of carbonyl (C=O) groups is 2. The van der Waals surface area contributed by atoms with Crippen molar-refractivity contribution >= 4 is 17.8 Å². The topological polar surface area (TPSA) is 143 Å². The lowest BCUT2D eigenvalue weighted by Crippen LogP contribution is -2.24. The van der Waals surface area contributed by atoms with Crippen molar-refractivity contribution in [3.05, 3.63) is 58.4 Å². The Bertz CT molecular complexity index is 885. The zero-order chi connectivity index (χ0) is 17.9. The maximum atomic E-state index is 12.0. The Labute approximate surface area is 135 Å². The highest BCUT2D eigenvalue weighted by Gasteiger charge is 2.28. The Morgan fingerprint density at radius 1 is 1.21 bits per heavy atom. The Hall–Kier alpha value is -3.55. The molecule has 5 N–H and O–H groups in total. The van der Waals surface area contributed by atoms with Crippen molar-refractivity contribution in [1.82, 2.24) is 4.98 Å². The second-order valence-electron chi connectivity index (χ2n) is 4.70. The van der Waals surface area contributed by atoms with Gasteiger partial charge in [0, 0.05) is 11.1 Å². The van der Waals surface area contributed by atoms with Gasteiger partial charge in [0.2, 0.25) is 0 Å². The number of carboxylic acids is 2. The largest absolute Gasteiger partial charge is 0.489 e. The van der Waals surface area contributed by atoms with Crippen molar-refractivity contribution in [3.8, 4) is 16.9 Å². The average Bonchev–Trinajstić information content (AvgIpc) is 2.51. The summed E-state index contributed by atoms with van der Waals surface area (Å²) >= 11 is 0. The van der Waals surface area contributed by atoms with Gasteiger partial charge < -0.3 is 25.7 Å². The molecular formula is C16H14N2O6. The highest BCUT2D eigenvalue weighted by Crippen LogP contribution is 2.35. The predicted octanol–water partition coefficient (Wildman–Crippen LogP) is 1.59. The fourth-order valence-corrected chi connectivity index (χ4v) is 2.26. The molecule has 0 amide bonds. The third-order valence-electron chi connectivity index (χ3n) is 3.19. The number of aromatic carboxylic acids is 2. The van der Waals surface area contributed by atoms with E-state index in [1.54, 1.807) is 12.1 Å². The Morgan fingerprint density at radius 2 is 1.83 bits per heavy atom. The summed E-state index contributed by atoms with van der Waals surface area (Å²) in [5.41, 5.74) is 3.18. The molecule has 1 aromatic heterocycles. The molecule has 0 aliphatic carbocycles. The normalized spacial score (nSPS) is 10.2. The van der Waals surface area contributed by atoms with Crippen molar-refractivity contribution in [2.24, 2.45) is 0 Å². The minimum atomic E-state index is -1.58. The van der Waals surface area contributed by atoms with Crippen LogP contribution in [0.5, 0.6) is 5.75 Å². The summed E-state index contributed by atoms with van der Waals surface area (Å²) in [6, 6.07) is 6.16. The quantitative estimate of drug-likeness (QED) is 0.589. The minimum absolute atomic E-state index is 0.112. The number of pyridine rings is 1. The summed E-state index contributed by atoms with van der Waals surface area (Å²) in [5, 5.41) is 18.8. The molecular weight excluding hydrogens is 316 g/mol. The van der Waals surface area contributed by atoms with Gasteiger partial charge in [0.25, 0.3) is 5.56 Å². The van der Waals surface area contributed by atoms with E-state index in [9.17, 15) is 24.6 Å². The number of aromatic nitrogens is 1. The molecule has 0 unspecified atom stereocenters. The van der Waals surface area contributed by atoms with Crippen LogP contribution in [0, 0.1) is 0 Å². The lowest BCUT2D eigenvalue weighted by atomic mass is 9.94. The van der Waals surface area contributed by atoms with Crippen LogP contribution in [0.25, 0.3) is 11.1 Å². The van der Waals surface area contributed by atoms with Crippen molar-refractivity contribution in [3.63, 3.8) is 0 Å². The Balaban J connectivity index is 2.92. The summed E-state index contributed by atoms with van der Waals surface area (Å²) < 4.78 is 5.43. The average molecular weight is 330 g/mol. The fraction of sp³-hybridized carbons (Fsp3) is 0.0625. The van der Waals surface area contributed by atoms with Gasteiger partial charge in [-0.1, -0.05) is 30.9 Å². The molecule has 0 aliphatic rings. The van der Waals surface area contributed by atoms with Crippen LogP contribution >= 0.6 is 0 Å². The number of carboxylic acid groups (broad SMARTS) is 2. The maximum absolute atomic E-state index is 12.0. The van der Waals surface area contributed by atoms with E-state index in [0.29, 0.717) is 0 Å². The van der Waals surface area contributed by atoms with E-state index in [0.717, 1.165) is 0 Å². The van der Waals surface area contributed by atoms with Gasteiger partial charge in [-0.25, -0.2) is 9.59 Å². The summed E-state index contributed by atoms with van der Waals surface area (Å²) in [7, 11) is 0. The molecule has 2 rings (SSSR count). The Morgan fingerprint density at radius 3 is 2.42 bits per heavy atom. The van der Waals surface area contributed by atoms with Gasteiger partial charge in [-0.15, -0.1) is 0 Å². The Kier molecular flexibility index (Phi) is 4.69. The van der Waals surface area contributed by atoms with Crippen LogP contribution in [0.1, 0.15) is 20.7 Å². The monoisotopic (exact) mass is 330 g/mol. The minimum Gasteiger partial charge on any atom is -0.489 e. The van der Waals surface area contributed by atoms with Crippen molar-refractivity contribution in [2.75, 3.05) is 12.3 Å². The number of nitrogen functional groups attached to an aromatic ring is 1. The number of para-hydroxylation sites is 1. The van der Waals surface area contributed by atoms with E-state index in [-0.39, 0.29) is 23.5 Å². The molecule has 24 heavy (non-hydrogen) atoms. The number of aromatic amines is 1. The summed E-state index contributed by atoms with van der Waals surface area (Å²) in [5.74, 6) is -3.29. The second kappa shape index (κ2) is 6.69. The van der Waals surface area contributed by atoms with Crippen molar-refractivity contribution in [1.29, 1.82) is 0 Å². The van der Waals surface area contributed by atoms with Gasteiger partial charge in [0.15, 0.2) is 0 Å². The SMILES string of the molecule is C=CCOc1ccccc1-c1c(C(=O)O)c(N)[nH]c(=O)c1C(=O)O. The smallest absolute Gasteiger partial charge is 0.342 e. The zero-order valence-electron chi connectivity index (χ0n) is 12.4. The van der Waals surface area contributed by atoms with Gasteiger partial charge in [-0.05, 0) is 6.07 Å². The third kappa shape index (κ3) is 2.98. The first kappa shape index (κ1) is 16.8. The van der Waals surface area contributed by atoms with Crippen molar-refractivity contribution < 1.29 is 24.5 Å². The van der Waals surface area contributed by atoms with E-state index in [2.05, 4.69) is 6.58 Å².